The predicted molar refractivity (Wildman–Crippen MR) is 56.3 cm³/mol. The van der Waals surface area contributed by atoms with Gasteiger partial charge >= 0.3 is 5.97 Å². The number of rotatable bonds is 1. The second-order valence-electron chi connectivity index (χ2n) is 5.33. The van der Waals surface area contributed by atoms with E-state index in [4.69, 9.17) is 9.47 Å². The highest BCUT2D eigenvalue weighted by Crippen LogP contribution is 2.47. The molecule has 0 aromatic rings. The van der Waals surface area contributed by atoms with E-state index >= 15 is 0 Å². The lowest BCUT2D eigenvalue weighted by Gasteiger charge is -2.39. The van der Waals surface area contributed by atoms with E-state index < -0.39 is 0 Å². The first kappa shape index (κ1) is 10.9. The Morgan fingerprint density at radius 1 is 1.47 bits per heavy atom. The maximum absolute atomic E-state index is 11.8. The van der Waals surface area contributed by atoms with Crippen LogP contribution in [0.5, 0.6) is 0 Å². The third-order valence-corrected chi connectivity index (χ3v) is 3.81. The predicted octanol–water partition coefficient (Wildman–Crippen LogP) is 2.00. The van der Waals surface area contributed by atoms with Crippen LogP contribution in [0.1, 0.15) is 34.1 Å². The van der Waals surface area contributed by atoms with Crippen LogP contribution in [0.15, 0.2) is 0 Å². The molecule has 0 bridgehead atoms. The largest absolute Gasteiger partial charge is 0.459 e. The van der Waals surface area contributed by atoms with E-state index in [1.165, 1.54) is 0 Å². The summed E-state index contributed by atoms with van der Waals surface area (Å²) in [6.45, 7) is 8.87. The van der Waals surface area contributed by atoms with Gasteiger partial charge in [0.2, 0.25) is 0 Å². The van der Waals surface area contributed by atoms with Crippen LogP contribution in [0.4, 0.5) is 0 Å². The molecule has 4 atom stereocenters. The van der Waals surface area contributed by atoms with Crippen molar-refractivity contribution in [2.45, 2.75) is 45.8 Å². The molecule has 2 aliphatic heterocycles. The third-order valence-electron chi connectivity index (χ3n) is 3.81. The molecule has 0 aliphatic carbocycles. The van der Waals surface area contributed by atoms with Crippen LogP contribution in [0.25, 0.3) is 0 Å². The molecule has 0 amide bonds. The first-order valence-electron chi connectivity index (χ1n) is 5.82. The molecule has 86 valence electrons. The molecule has 0 radical (unpaired) electrons. The van der Waals surface area contributed by atoms with Crippen LogP contribution in [-0.4, -0.2) is 24.3 Å². The van der Waals surface area contributed by atoms with Gasteiger partial charge in [-0.1, -0.05) is 13.8 Å². The van der Waals surface area contributed by atoms with Crippen molar-refractivity contribution >= 4 is 5.97 Å². The number of carbonyl (C=O) groups is 1. The van der Waals surface area contributed by atoms with Gasteiger partial charge in [0, 0.05) is 5.92 Å². The monoisotopic (exact) mass is 212 g/mol. The van der Waals surface area contributed by atoms with E-state index in [9.17, 15) is 4.79 Å². The maximum atomic E-state index is 11.8. The molecule has 4 unspecified atom stereocenters. The normalized spacial score (nSPS) is 43.6. The molecule has 15 heavy (non-hydrogen) atoms. The summed E-state index contributed by atoms with van der Waals surface area (Å²) in [5.41, 5.74) is -0.364. The molecular weight excluding hydrogens is 192 g/mol. The zero-order chi connectivity index (χ0) is 11.2. The summed E-state index contributed by atoms with van der Waals surface area (Å²) in [4.78, 5) is 11.8. The van der Waals surface area contributed by atoms with Gasteiger partial charge < -0.3 is 9.47 Å². The van der Waals surface area contributed by atoms with Gasteiger partial charge in [-0.3, -0.25) is 4.79 Å². The molecule has 3 nitrogen and oxygen atoms in total. The van der Waals surface area contributed by atoms with Gasteiger partial charge in [-0.25, -0.2) is 0 Å². The van der Waals surface area contributed by atoms with Gasteiger partial charge in [0.1, 0.15) is 5.60 Å². The molecule has 0 saturated carbocycles. The van der Waals surface area contributed by atoms with Gasteiger partial charge in [0.25, 0.3) is 0 Å². The van der Waals surface area contributed by atoms with Gasteiger partial charge in [-0.05, 0) is 26.2 Å². The maximum Gasteiger partial charge on any atom is 0.310 e. The van der Waals surface area contributed by atoms with Gasteiger partial charge in [0.15, 0.2) is 0 Å². The van der Waals surface area contributed by atoms with Crippen LogP contribution in [0.3, 0.4) is 0 Å². The van der Waals surface area contributed by atoms with Gasteiger partial charge in [-0.15, -0.1) is 0 Å². The Morgan fingerprint density at radius 3 is 2.73 bits per heavy atom. The molecular formula is C12H20O3. The lowest BCUT2D eigenvalue weighted by molar-refractivity contribution is -0.149. The molecule has 0 aromatic carbocycles. The lowest BCUT2D eigenvalue weighted by atomic mass is 9.72. The zero-order valence-electron chi connectivity index (χ0n) is 9.95. The van der Waals surface area contributed by atoms with Crippen molar-refractivity contribution in [1.82, 2.24) is 0 Å². The molecule has 2 fully saturated rings. The van der Waals surface area contributed by atoms with Crippen molar-refractivity contribution in [2.24, 2.45) is 17.8 Å². The minimum absolute atomic E-state index is 0.0285. The van der Waals surface area contributed by atoms with Crippen molar-refractivity contribution in [3.05, 3.63) is 0 Å². The van der Waals surface area contributed by atoms with E-state index in [2.05, 4.69) is 13.8 Å². The molecule has 2 aliphatic rings. The fourth-order valence-electron chi connectivity index (χ4n) is 3.09. The molecule has 0 spiro atoms. The summed E-state index contributed by atoms with van der Waals surface area (Å²) >= 11 is 0. The number of cyclic esters (lactones) is 1. The Labute approximate surface area is 91.1 Å². The van der Waals surface area contributed by atoms with E-state index in [0.717, 1.165) is 6.42 Å². The SMILES string of the molecule is CCC1OCC(C)C2C(=O)OC(C)(C)C12. The summed E-state index contributed by atoms with van der Waals surface area (Å²) < 4.78 is 11.3. The van der Waals surface area contributed by atoms with E-state index in [-0.39, 0.29) is 35.4 Å². The highest BCUT2D eigenvalue weighted by molar-refractivity contribution is 5.76. The fourth-order valence-corrected chi connectivity index (χ4v) is 3.09. The number of fused-ring (bicyclic) bond motifs is 1. The van der Waals surface area contributed by atoms with Crippen molar-refractivity contribution in [3.63, 3.8) is 0 Å². The van der Waals surface area contributed by atoms with Crippen molar-refractivity contribution in [3.8, 4) is 0 Å². The summed E-state index contributed by atoms with van der Waals surface area (Å²) in [6, 6.07) is 0. The fraction of sp³-hybridized carbons (Fsp3) is 0.917. The minimum atomic E-state index is -0.364. The molecule has 2 rings (SSSR count). The second-order valence-corrected chi connectivity index (χ2v) is 5.33. The van der Waals surface area contributed by atoms with Crippen molar-refractivity contribution in [2.75, 3.05) is 6.61 Å². The molecule has 3 heteroatoms. The van der Waals surface area contributed by atoms with E-state index in [1.807, 2.05) is 13.8 Å². The average molecular weight is 212 g/mol. The first-order valence-corrected chi connectivity index (χ1v) is 5.82. The Morgan fingerprint density at radius 2 is 2.13 bits per heavy atom. The molecule has 2 heterocycles. The highest BCUT2D eigenvalue weighted by Gasteiger charge is 2.57. The minimum Gasteiger partial charge on any atom is -0.459 e. The Hall–Kier alpha value is -0.570. The van der Waals surface area contributed by atoms with E-state index in [1.54, 1.807) is 0 Å². The average Bonchev–Trinajstić information content (AvgIpc) is 2.39. The van der Waals surface area contributed by atoms with Crippen LogP contribution in [-0.2, 0) is 14.3 Å². The Bertz CT molecular complexity index is 272. The third kappa shape index (κ3) is 1.57. The van der Waals surface area contributed by atoms with Crippen molar-refractivity contribution in [1.29, 1.82) is 0 Å². The number of hydrogen-bond donors (Lipinski definition) is 0. The van der Waals surface area contributed by atoms with Crippen LogP contribution in [0, 0.1) is 17.8 Å². The number of hydrogen-bond acceptors (Lipinski definition) is 3. The summed E-state index contributed by atoms with van der Waals surface area (Å²) in [5, 5.41) is 0. The Balaban J connectivity index is 2.31. The van der Waals surface area contributed by atoms with Crippen LogP contribution < -0.4 is 0 Å². The summed E-state index contributed by atoms with van der Waals surface area (Å²) in [7, 11) is 0. The second kappa shape index (κ2) is 3.48. The van der Waals surface area contributed by atoms with E-state index in [0.29, 0.717) is 6.61 Å². The van der Waals surface area contributed by atoms with Gasteiger partial charge in [-0.2, -0.15) is 0 Å². The summed E-state index contributed by atoms with van der Waals surface area (Å²) in [5.74, 6) is 0.517. The smallest absolute Gasteiger partial charge is 0.310 e. The quantitative estimate of drug-likeness (QED) is 0.624. The lowest BCUT2D eigenvalue weighted by Crippen LogP contribution is -2.47. The standard InChI is InChI=1S/C12H20O3/c1-5-8-10-9(7(2)6-14-8)11(13)15-12(10,3)4/h7-10H,5-6H2,1-4H3. The number of esters is 1. The van der Waals surface area contributed by atoms with Crippen LogP contribution >= 0.6 is 0 Å². The zero-order valence-corrected chi connectivity index (χ0v) is 9.95. The highest BCUT2D eigenvalue weighted by atomic mass is 16.6. The van der Waals surface area contributed by atoms with Gasteiger partial charge in [0.05, 0.1) is 18.6 Å². The molecule has 2 saturated heterocycles. The summed E-state index contributed by atoms with van der Waals surface area (Å²) in [6.07, 6.45) is 1.13. The first-order chi connectivity index (χ1) is 6.97. The molecule has 0 N–H and O–H groups in total. The topological polar surface area (TPSA) is 35.5 Å². The van der Waals surface area contributed by atoms with Crippen molar-refractivity contribution < 1.29 is 14.3 Å². The molecule has 0 aromatic heterocycles. The number of carbonyl (C=O) groups excluding carboxylic acids is 1. The van der Waals surface area contributed by atoms with Crippen LogP contribution in [0.2, 0.25) is 0 Å². The number of ether oxygens (including phenoxy) is 2. The Kier molecular flexibility index (Phi) is 2.53.